The van der Waals surface area contributed by atoms with Crippen LogP contribution in [0, 0.1) is 0 Å². The van der Waals surface area contributed by atoms with E-state index >= 15 is 0 Å². The molecule has 2 aromatic heterocycles. The predicted octanol–water partition coefficient (Wildman–Crippen LogP) is 5.39. The minimum atomic E-state index is -0.362. The Bertz CT molecular complexity index is 970. The van der Waals surface area contributed by atoms with E-state index in [4.69, 9.17) is 8.83 Å². The highest BCUT2D eigenvalue weighted by Gasteiger charge is 2.47. The van der Waals surface area contributed by atoms with Gasteiger partial charge in [0.15, 0.2) is 5.78 Å². The maximum absolute atomic E-state index is 14.0. The van der Waals surface area contributed by atoms with E-state index in [9.17, 15) is 4.79 Å². The third kappa shape index (κ3) is 3.22. The van der Waals surface area contributed by atoms with Crippen molar-refractivity contribution in [3.63, 3.8) is 0 Å². The number of Topliss-reactive ketones (excluding diaryl/α,β-unsaturated/α-hetero) is 1. The first-order chi connectivity index (χ1) is 14.3. The van der Waals surface area contributed by atoms with Crippen molar-refractivity contribution in [1.82, 2.24) is 5.32 Å². The lowest BCUT2D eigenvalue weighted by molar-refractivity contribution is -0.126. The first kappa shape index (κ1) is 17.7. The van der Waals surface area contributed by atoms with Crippen molar-refractivity contribution in [2.24, 2.45) is 0 Å². The third-order valence-corrected chi connectivity index (χ3v) is 5.66. The predicted molar refractivity (Wildman–Crippen MR) is 109 cm³/mol. The number of hydrogen-bond donors (Lipinski definition) is 1. The molecule has 0 radical (unpaired) electrons. The molecule has 3 heterocycles. The Labute approximate surface area is 169 Å². The molecule has 0 unspecified atom stereocenters. The van der Waals surface area contributed by atoms with Crippen molar-refractivity contribution in [2.75, 3.05) is 0 Å². The zero-order valence-electron chi connectivity index (χ0n) is 15.8. The van der Waals surface area contributed by atoms with Crippen LogP contribution in [-0.2, 0) is 4.79 Å². The summed E-state index contributed by atoms with van der Waals surface area (Å²) in [7, 11) is 0. The van der Waals surface area contributed by atoms with Crippen LogP contribution in [0.5, 0.6) is 0 Å². The first-order valence-electron chi connectivity index (χ1n) is 9.79. The smallest absolute Gasteiger partial charge is 0.151 e. The van der Waals surface area contributed by atoms with Gasteiger partial charge in [0, 0.05) is 0 Å². The van der Waals surface area contributed by atoms with Gasteiger partial charge in [0.1, 0.15) is 11.5 Å². The molecule has 0 amide bonds. The molecule has 4 nitrogen and oxygen atoms in total. The third-order valence-electron chi connectivity index (χ3n) is 5.66. The molecular weight excluding hydrogens is 362 g/mol. The van der Waals surface area contributed by atoms with Crippen LogP contribution < -0.4 is 5.32 Å². The van der Waals surface area contributed by atoms with Gasteiger partial charge in [-0.15, -0.1) is 0 Å². The number of hydrogen-bond acceptors (Lipinski definition) is 4. The SMILES string of the molecule is O=C1[C@@H](c2ccccc2)[C@@H](c2ccco2)N[C@H](c2ccco2)[C@@H]1c1ccccc1. The summed E-state index contributed by atoms with van der Waals surface area (Å²) in [6.45, 7) is 0. The Hall–Kier alpha value is -3.37. The molecular formula is C25H21NO3. The number of nitrogens with one attached hydrogen (secondary N) is 1. The molecule has 29 heavy (non-hydrogen) atoms. The lowest BCUT2D eigenvalue weighted by Crippen LogP contribution is -2.46. The fourth-order valence-electron chi connectivity index (χ4n) is 4.37. The molecule has 5 rings (SSSR count). The number of ketones is 1. The number of carbonyl (C=O) groups excluding carboxylic acids is 1. The summed E-state index contributed by atoms with van der Waals surface area (Å²) < 4.78 is 11.5. The molecule has 1 aliphatic heterocycles. The molecule has 0 aliphatic carbocycles. The summed E-state index contributed by atoms with van der Waals surface area (Å²) >= 11 is 0. The van der Waals surface area contributed by atoms with Crippen molar-refractivity contribution in [2.45, 2.75) is 23.9 Å². The maximum atomic E-state index is 14.0. The molecule has 1 saturated heterocycles. The van der Waals surface area contributed by atoms with Crippen LogP contribution in [0.3, 0.4) is 0 Å². The minimum Gasteiger partial charge on any atom is -0.468 e. The van der Waals surface area contributed by atoms with E-state index in [-0.39, 0.29) is 29.7 Å². The molecule has 4 aromatic rings. The summed E-state index contributed by atoms with van der Waals surface area (Å²) in [6, 6.07) is 26.8. The van der Waals surface area contributed by atoms with Crippen LogP contribution in [0.4, 0.5) is 0 Å². The molecule has 0 spiro atoms. The van der Waals surface area contributed by atoms with Gasteiger partial charge in [-0.3, -0.25) is 10.1 Å². The monoisotopic (exact) mass is 383 g/mol. The van der Waals surface area contributed by atoms with Crippen molar-refractivity contribution in [3.05, 3.63) is 120 Å². The van der Waals surface area contributed by atoms with Crippen molar-refractivity contribution in [3.8, 4) is 0 Å². The van der Waals surface area contributed by atoms with Gasteiger partial charge in [0.05, 0.1) is 36.4 Å². The van der Waals surface area contributed by atoms with Gasteiger partial charge >= 0.3 is 0 Å². The zero-order chi connectivity index (χ0) is 19.6. The highest BCUT2D eigenvalue weighted by molar-refractivity contribution is 5.94. The summed E-state index contributed by atoms with van der Waals surface area (Å²) in [5.41, 5.74) is 1.95. The number of benzene rings is 2. The van der Waals surface area contributed by atoms with Gasteiger partial charge in [0.25, 0.3) is 0 Å². The summed E-state index contributed by atoms with van der Waals surface area (Å²) in [5, 5.41) is 3.68. The molecule has 0 saturated carbocycles. The van der Waals surface area contributed by atoms with E-state index in [1.54, 1.807) is 12.5 Å². The normalized spacial score (nSPS) is 24.5. The topological polar surface area (TPSA) is 55.4 Å². The zero-order valence-corrected chi connectivity index (χ0v) is 15.8. The second kappa shape index (κ2) is 7.57. The quantitative estimate of drug-likeness (QED) is 0.513. The van der Waals surface area contributed by atoms with Crippen LogP contribution in [0.15, 0.2) is 106 Å². The minimum absolute atomic E-state index is 0.156. The number of furan rings is 2. The van der Waals surface area contributed by atoms with E-state index in [2.05, 4.69) is 5.32 Å². The molecule has 1 aliphatic rings. The van der Waals surface area contributed by atoms with Crippen LogP contribution in [-0.4, -0.2) is 5.78 Å². The molecule has 2 aromatic carbocycles. The van der Waals surface area contributed by atoms with Gasteiger partial charge in [-0.2, -0.15) is 0 Å². The van der Waals surface area contributed by atoms with Gasteiger partial charge in [-0.25, -0.2) is 0 Å². The van der Waals surface area contributed by atoms with Crippen LogP contribution >= 0.6 is 0 Å². The summed E-state index contributed by atoms with van der Waals surface area (Å²) in [4.78, 5) is 14.0. The van der Waals surface area contributed by atoms with Gasteiger partial charge in [-0.05, 0) is 35.4 Å². The second-order valence-corrected chi connectivity index (χ2v) is 7.33. The van der Waals surface area contributed by atoms with Gasteiger partial charge < -0.3 is 8.83 Å². The average Bonchev–Trinajstić information content (AvgIpc) is 3.49. The Morgan fingerprint density at radius 1 is 0.586 bits per heavy atom. The highest BCUT2D eigenvalue weighted by Crippen LogP contribution is 2.47. The molecule has 1 N–H and O–H groups in total. The lowest BCUT2D eigenvalue weighted by Gasteiger charge is -2.40. The molecule has 1 fully saturated rings. The van der Waals surface area contributed by atoms with E-state index in [0.29, 0.717) is 0 Å². The Kier molecular flexibility index (Phi) is 4.62. The number of rotatable bonds is 4. The maximum Gasteiger partial charge on any atom is 0.151 e. The molecule has 4 heteroatoms. The van der Waals surface area contributed by atoms with E-state index < -0.39 is 0 Å². The fraction of sp³-hybridized carbons (Fsp3) is 0.160. The standard InChI is InChI=1S/C25H21NO3/c27-25-21(17-9-3-1-4-10-17)23(19-13-7-15-28-19)26-24(20-14-8-16-29-20)22(25)18-11-5-2-6-12-18/h1-16,21-24,26H/t21-,22-,23+,24+/m0/s1. The Balaban J connectivity index is 1.66. The van der Waals surface area contributed by atoms with Crippen molar-refractivity contribution in [1.29, 1.82) is 0 Å². The van der Waals surface area contributed by atoms with E-state index in [0.717, 1.165) is 22.6 Å². The Morgan fingerprint density at radius 2 is 1.03 bits per heavy atom. The fourth-order valence-corrected chi connectivity index (χ4v) is 4.37. The first-order valence-corrected chi connectivity index (χ1v) is 9.79. The average molecular weight is 383 g/mol. The molecule has 144 valence electrons. The second-order valence-electron chi connectivity index (χ2n) is 7.33. The van der Waals surface area contributed by atoms with Crippen molar-refractivity contribution < 1.29 is 13.6 Å². The van der Waals surface area contributed by atoms with Gasteiger partial charge in [-0.1, -0.05) is 60.7 Å². The van der Waals surface area contributed by atoms with Crippen molar-refractivity contribution >= 4 is 5.78 Å². The van der Waals surface area contributed by atoms with E-state index in [1.165, 1.54) is 0 Å². The summed E-state index contributed by atoms with van der Waals surface area (Å²) in [5.74, 6) is 0.923. The van der Waals surface area contributed by atoms with Crippen LogP contribution in [0.2, 0.25) is 0 Å². The van der Waals surface area contributed by atoms with Crippen LogP contribution in [0.1, 0.15) is 46.6 Å². The van der Waals surface area contributed by atoms with Crippen LogP contribution in [0.25, 0.3) is 0 Å². The Morgan fingerprint density at radius 3 is 1.41 bits per heavy atom. The molecule has 0 bridgehead atoms. The number of carbonyl (C=O) groups is 1. The highest BCUT2D eigenvalue weighted by atomic mass is 16.3. The largest absolute Gasteiger partial charge is 0.468 e. The number of piperidine rings is 1. The van der Waals surface area contributed by atoms with E-state index in [1.807, 2.05) is 84.9 Å². The lowest BCUT2D eigenvalue weighted by atomic mass is 9.71. The molecule has 4 atom stereocenters. The van der Waals surface area contributed by atoms with Gasteiger partial charge in [0.2, 0.25) is 0 Å². The summed E-state index contributed by atoms with van der Waals surface area (Å²) in [6.07, 6.45) is 3.30.